The smallest absolute Gasteiger partial charge is 0.219 e. The Morgan fingerprint density at radius 3 is 2.24 bits per heavy atom. The second-order valence-corrected chi connectivity index (χ2v) is 5.78. The van der Waals surface area contributed by atoms with Crippen LogP contribution in [0.25, 0.3) is 0 Å². The minimum absolute atomic E-state index is 0.257. The van der Waals surface area contributed by atoms with Gasteiger partial charge in [0, 0.05) is 52.2 Å². The van der Waals surface area contributed by atoms with E-state index in [1.165, 1.54) is 12.8 Å². The van der Waals surface area contributed by atoms with Crippen LogP contribution in [0.2, 0.25) is 0 Å². The summed E-state index contributed by atoms with van der Waals surface area (Å²) in [6, 6.07) is 0.773. The van der Waals surface area contributed by atoms with Gasteiger partial charge in [-0.2, -0.15) is 0 Å². The van der Waals surface area contributed by atoms with Crippen LogP contribution in [-0.4, -0.2) is 61.0 Å². The van der Waals surface area contributed by atoms with Crippen LogP contribution < -0.4 is 5.32 Å². The van der Waals surface area contributed by atoms with Crippen LogP contribution in [0.4, 0.5) is 0 Å². The number of rotatable bonds is 1. The Balaban J connectivity index is 1.56. The highest BCUT2D eigenvalue weighted by Gasteiger charge is 2.43. The summed E-state index contributed by atoms with van der Waals surface area (Å²) in [4.78, 5) is 16.0. The standard InChI is InChI=1S/C13H22N3O/c1-10(17)16-8-11-6-13(7-12(11)9-16)15-4-2-14-3-5-15/h11-13H,2-9H2,1H3. The van der Waals surface area contributed by atoms with Gasteiger partial charge in [0.1, 0.15) is 0 Å². The van der Waals surface area contributed by atoms with Gasteiger partial charge in [-0.1, -0.05) is 0 Å². The fraction of sp³-hybridized carbons (Fsp3) is 0.923. The molecule has 1 saturated carbocycles. The number of amides is 1. The molecule has 4 heteroatoms. The average molecular weight is 236 g/mol. The molecule has 0 spiro atoms. The number of carbonyl (C=O) groups is 1. The first-order chi connectivity index (χ1) is 8.24. The van der Waals surface area contributed by atoms with Crippen LogP contribution >= 0.6 is 0 Å². The van der Waals surface area contributed by atoms with E-state index in [0.29, 0.717) is 0 Å². The highest BCUT2D eigenvalue weighted by atomic mass is 16.2. The summed E-state index contributed by atoms with van der Waals surface area (Å²) < 4.78 is 0. The summed E-state index contributed by atoms with van der Waals surface area (Å²) in [5.41, 5.74) is 0. The first-order valence-corrected chi connectivity index (χ1v) is 6.87. The molecule has 1 radical (unpaired) electrons. The Bertz CT molecular complexity index is 287. The van der Waals surface area contributed by atoms with Crippen molar-refractivity contribution in [2.75, 3.05) is 39.3 Å². The number of piperazine rings is 1. The zero-order valence-corrected chi connectivity index (χ0v) is 10.6. The van der Waals surface area contributed by atoms with Crippen molar-refractivity contribution in [3.63, 3.8) is 0 Å². The fourth-order valence-electron chi connectivity index (χ4n) is 3.81. The molecular formula is C13H22N3O. The third-order valence-electron chi connectivity index (χ3n) is 4.78. The molecule has 3 rings (SSSR count). The number of likely N-dealkylation sites (tertiary alicyclic amines) is 1. The van der Waals surface area contributed by atoms with Gasteiger partial charge >= 0.3 is 0 Å². The van der Waals surface area contributed by atoms with Gasteiger partial charge in [0.15, 0.2) is 0 Å². The van der Waals surface area contributed by atoms with Crippen molar-refractivity contribution in [1.82, 2.24) is 15.1 Å². The van der Waals surface area contributed by atoms with Gasteiger partial charge in [-0.15, -0.1) is 0 Å². The van der Waals surface area contributed by atoms with Crippen LogP contribution in [0.1, 0.15) is 19.8 Å². The predicted octanol–water partition coefficient (Wildman–Crippen LogP) is 0.163. The molecule has 2 atom stereocenters. The maximum absolute atomic E-state index is 11.4. The van der Waals surface area contributed by atoms with E-state index in [9.17, 15) is 4.79 Å². The first-order valence-electron chi connectivity index (χ1n) is 6.87. The van der Waals surface area contributed by atoms with Crippen LogP contribution in [0.3, 0.4) is 0 Å². The Morgan fingerprint density at radius 1 is 1.12 bits per heavy atom. The second kappa shape index (κ2) is 4.58. The molecule has 0 aromatic heterocycles. The molecule has 2 saturated heterocycles. The summed E-state index contributed by atoms with van der Waals surface area (Å²) >= 11 is 0. The van der Waals surface area contributed by atoms with E-state index in [-0.39, 0.29) is 5.91 Å². The lowest BCUT2D eigenvalue weighted by Gasteiger charge is -2.32. The van der Waals surface area contributed by atoms with Gasteiger partial charge in [-0.05, 0) is 24.7 Å². The van der Waals surface area contributed by atoms with Crippen LogP contribution in [0.15, 0.2) is 0 Å². The molecule has 2 unspecified atom stereocenters. The maximum Gasteiger partial charge on any atom is 0.219 e. The van der Waals surface area contributed by atoms with Gasteiger partial charge in [0.2, 0.25) is 5.91 Å². The SMILES string of the molecule is CC(=O)N1CC2CC(N3CC[N]CC3)CC2C1. The molecular weight excluding hydrogens is 214 g/mol. The third kappa shape index (κ3) is 2.20. The highest BCUT2D eigenvalue weighted by molar-refractivity contribution is 5.73. The second-order valence-electron chi connectivity index (χ2n) is 5.78. The largest absolute Gasteiger partial charge is 0.342 e. The molecule has 0 aromatic carbocycles. The van der Waals surface area contributed by atoms with Gasteiger partial charge in [-0.25, -0.2) is 5.32 Å². The molecule has 3 fully saturated rings. The van der Waals surface area contributed by atoms with Gasteiger partial charge < -0.3 is 4.90 Å². The number of hydrogen-bond acceptors (Lipinski definition) is 2. The van der Waals surface area contributed by atoms with E-state index < -0.39 is 0 Å². The van der Waals surface area contributed by atoms with E-state index in [1.54, 1.807) is 6.92 Å². The number of fused-ring (bicyclic) bond motifs is 1. The number of carbonyl (C=O) groups excluding carboxylic acids is 1. The van der Waals surface area contributed by atoms with Crippen molar-refractivity contribution in [2.45, 2.75) is 25.8 Å². The van der Waals surface area contributed by atoms with Gasteiger partial charge in [0.25, 0.3) is 0 Å². The highest BCUT2D eigenvalue weighted by Crippen LogP contribution is 2.40. The molecule has 0 N–H and O–H groups in total. The Labute approximate surface area is 103 Å². The van der Waals surface area contributed by atoms with Crippen molar-refractivity contribution in [3.05, 3.63) is 0 Å². The lowest BCUT2D eigenvalue weighted by molar-refractivity contribution is -0.128. The van der Waals surface area contributed by atoms with E-state index in [0.717, 1.165) is 57.1 Å². The quantitative estimate of drug-likeness (QED) is 0.650. The summed E-state index contributed by atoms with van der Waals surface area (Å²) in [6.45, 7) is 8.06. The normalized spacial score (nSPS) is 38.4. The third-order valence-corrected chi connectivity index (χ3v) is 4.78. The molecule has 17 heavy (non-hydrogen) atoms. The first kappa shape index (κ1) is 11.5. The predicted molar refractivity (Wildman–Crippen MR) is 65.7 cm³/mol. The van der Waals surface area contributed by atoms with Crippen molar-refractivity contribution >= 4 is 5.91 Å². The summed E-state index contributed by atoms with van der Waals surface area (Å²) in [5, 5.41) is 4.41. The maximum atomic E-state index is 11.4. The molecule has 1 amide bonds. The minimum Gasteiger partial charge on any atom is -0.342 e. The zero-order chi connectivity index (χ0) is 11.8. The molecule has 4 nitrogen and oxygen atoms in total. The molecule has 0 bridgehead atoms. The summed E-state index contributed by atoms with van der Waals surface area (Å²) in [6.07, 6.45) is 2.60. The van der Waals surface area contributed by atoms with Crippen molar-refractivity contribution in [1.29, 1.82) is 0 Å². The Morgan fingerprint density at radius 2 is 1.71 bits per heavy atom. The van der Waals surface area contributed by atoms with Crippen molar-refractivity contribution in [3.8, 4) is 0 Å². The number of nitrogens with zero attached hydrogens (tertiary/aromatic N) is 3. The topological polar surface area (TPSA) is 37.7 Å². The van der Waals surface area contributed by atoms with Crippen molar-refractivity contribution in [2.24, 2.45) is 11.8 Å². The minimum atomic E-state index is 0.257. The molecule has 2 aliphatic heterocycles. The molecule has 1 aliphatic carbocycles. The van der Waals surface area contributed by atoms with E-state index in [2.05, 4.69) is 10.2 Å². The summed E-state index contributed by atoms with van der Waals surface area (Å²) in [7, 11) is 0. The van der Waals surface area contributed by atoms with Crippen molar-refractivity contribution < 1.29 is 4.79 Å². The zero-order valence-electron chi connectivity index (χ0n) is 10.6. The lowest BCUT2D eigenvalue weighted by atomic mass is 10.0. The average Bonchev–Trinajstić information content (AvgIpc) is 2.87. The van der Waals surface area contributed by atoms with E-state index >= 15 is 0 Å². The van der Waals surface area contributed by atoms with Crippen LogP contribution in [0.5, 0.6) is 0 Å². The Kier molecular flexibility index (Phi) is 3.09. The lowest BCUT2D eigenvalue weighted by Crippen LogP contribution is -2.45. The molecule has 95 valence electrons. The van der Waals surface area contributed by atoms with E-state index in [1.807, 2.05) is 4.90 Å². The van der Waals surface area contributed by atoms with Crippen LogP contribution in [-0.2, 0) is 4.79 Å². The number of hydrogen-bond donors (Lipinski definition) is 0. The van der Waals surface area contributed by atoms with E-state index in [4.69, 9.17) is 0 Å². The summed E-state index contributed by atoms with van der Waals surface area (Å²) in [5.74, 6) is 1.79. The van der Waals surface area contributed by atoms with Gasteiger partial charge in [0.05, 0.1) is 0 Å². The van der Waals surface area contributed by atoms with Gasteiger partial charge in [-0.3, -0.25) is 9.69 Å². The Hall–Kier alpha value is -0.610. The monoisotopic (exact) mass is 236 g/mol. The molecule has 3 aliphatic rings. The molecule has 0 aromatic rings. The fourth-order valence-corrected chi connectivity index (χ4v) is 3.81. The molecule has 2 heterocycles. The van der Waals surface area contributed by atoms with Crippen LogP contribution in [0, 0.1) is 11.8 Å².